The lowest BCUT2D eigenvalue weighted by atomic mass is 9.80. The number of rotatable bonds is 6. The van der Waals surface area contributed by atoms with Crippen LogP contribution in [0.15, 0.2) is 18.2 Å². The van der Waals surface area contributed by atoms with E-state index in [9.17, 15) is 24.0 Å². The first-order chi connectivity index (χ1) is 16.3. The summed E-state index contributed by atoms with van der Waals surface area (Å²) in [5, 5.41) is 0. The number of carbonyl (C=O) groups is 5. The topological polar surface area (TPSA) is 122 Å². The molecule has 0 radical (unpaired) electrons. The average Bonchev–Trinajstić information content (AvgIpc) is 2.74. The van der Waals surface area contributed by atoms with Gasteiger partial charge in [0.1, 0.15) is 17.1 Å². The van der Waals surface area contributed by atoms with Crippen molar-refractivity contribution in [3.8, 4) is 17.2 Å². The minimum Gasteiger partial charge on any atom is -0.497 e. The fourth-order valence-corrected chi connectivity index (χ4v) is 3.97. The molecule has 0 N–H and O–H groups in total. The van der Waals surface area contributed by atoms with E-state index in [0.29, 0.717) is 5.75 Å². The van der Waals surface area contributed by atoms with Crippen LogP contribution in [0.4, 0.5) is 0 Å². The summed E-state index contributed by atoms with van der Waals surface area (Å²) in [5.41, 5.74) is -1.24. The van der Waals surface area contributed by atoms with Crippen LogP contribution in [-0.4, -0.2) is 49.1 Å². The Morgan fingerprint density at radius 3 is 2.00 bits per heavy atom. The first-order valence-corrected chi connectivity index (χ1v) is 10.8. The van der Waals surface area contributed by atoms with Crippen LogP contribution in [-0.2, 0) is 20.7 Å². The van der Waals surface area contributed by atoms with Crippen LogP contribution >= 0.6 is 0 Å². The molecule has 9 heteroatoms. The zero-order valence-electron chi connectivity index (χ0n) is 20.6. The Bertz CT molecular complexity index is 1280. The van der Waals surface area contributed by atoms with Gasteiger partial charge in [-0.15, -0.1) is 0 Å². The predicted octanol–water partition coefficient (Wildman–Crippen LogP) is 3.49. The van der Waals surface area contributed by atoms with E-state index in [4.69, 9.17) is 18.9 Å². The van der Waals surface area contributed by atoms with Crippen LogP contribution in [0.1, 0.15) is 82.4 Å². The third-order valence-electron chi connectivity index (χ3n) is 5.19. The average molecular weight is 482 g/mol. The van der Waals surface area contributed by atoms with Crippen LogP contribution in [0, 0.1) is 0 Å². The number of fused-ring (bicyclic) bond motifs is 2. The highest BCUT2D eigenvalue weighted by Gasteiger charge is 2.39. The van der Waals surface area contributed by atoms with Gasteiger partial charge < -0.3 is 18.9 Å². The minimum absolute atomic E-state index is 0.0197. The van der Waals surface area contributed by atoms with Gasteiger partial charge in [-0.05, 0) is 45.4 Å². The molecule has 0 amide bonds. The fourth-order valence-electron chi connectivity index (χ4n) is 3.97. The van der Waals surface area contributed by atoms with E-state index in [1.54, 1.807) is 20.8 Å². The first kappa shape index (κ1) is 25.6. The van der Waals surface area contributed by atoms with E-state index < -0.39 is 34.9 Å². The highest BCUT2D eigenvalue weighted by Crippen LogP contribution is 2.42. The Balaban J connectivity index is 2.34. The Kier molecular flexibility index (Phi) is 6.82. The van der Waals surface area contributed by atoms with Gasteiger partial charge in [-0.1, -0.05) is 0 Å². The van der Waals surface area contributed by atoms with Gasteiger partial charge in [-0.2, -0.15) is 0 Å². The lowest BCUT2D eigenvalue weighted by Crippen LogP contribution is -2.27. The van der Waals surface area contributed by atoms with Crippen molar-refractivity contribution in [2.45, 2.75) is 46.6 Å². The molecule has 0 bridgehead atoms. The van der Waals surface area contributed by atoms with Gasteiger partial charge in [0.15, 0.2) is 17.3 Å². The molecule has 0 saturated carbocycles. The molecule has 1 aliphatic carbocycles. The molecular weight excluding hydrogens is 456 g/mol. The van der Waals surface area contributed by atoms with E-state index in [1.165, 1.54) is 39.3 Å². The number of methoxy groups -OCH3 is 2. The Hall–Kier alpha value is -4.01. The standard InChI is InChI=1S/C26H26O9/c1-12(27)20-14(9-19(29)35-26(3,4)5)8-16-22(25(20)34-13(2)28)24(31)21-17(23(16)30)10-15(32-6)11-18(21)33-7/h8,10-11H,9H2,1-7H3. The van der Waals surface area contributed by atoms with Crippen molar-refractivity contribution in [3.63, 3.8) is 0 Å². The number of hydrogen-bond donors (Lipinski definition) is 0. The lowest BCUT2D eigenvalue weighted by Gasteiger charge is -2.25. The van der Waals surface area contributed by atoms with Gasteiger partial charge in [0.2, 0.25) is 5.78 Å². The number of ether oxygens (including phenoxy) is 4. The van der Waals surface area contributed by atoms with Crippen molar-refractivity contribution in [3.05, 3.63) is 51.6 Å². The van der Waals surface area contributed by atoms with Gasteiger partial charge >= 0.3 is 11.9 Å². The van der Waals surface area contributed by atoms with Crippen molar-refractivity contribution in [2.75, 3.05) is 14.2 Å². The van der Waals surface area contributed by atoms with E-state index in [0.717, 1.165) is 6.92 Å². The molecule has 0 heterocycles. The zero-order valence-corrected chi connectivity index (χ0v) is 20.6. The third kappa shape index (κ3) is 4.94. The number of ketones is 3. The Morgan fingerprint density at radius 2 is 1.49 bits per heavy atom. The minimum atomic E-state index is -0.808. The second kappa shape index (κ2) is 9.32. The van der Waals surface area contributed by atoms with Crippen LogP contribution in [0.5, 0.6) is 17.2 Å². The number of Topliss-reactive ketones (excluding diaryl/α,β-unsaturated/α-hetero) is 1. The molecule has 184 valence electrons. The molecule has 35 heavy (non-hydrogen) atoms. The van der Waals surface area contributed by atoms with Crippen molar-refractivity contribution in [2.24, 2.45) is 0 Å². The molecule has 0 spiro atoms. The van der Waals surface area contributed by atoms with Gasteiger partial charge in [-0.3, -0.25) is 24.0 Å². The normalized spacial score (nSPS) is 12.4. The van der Waals surface area contributed by atoms with Gasteiger partial charge in [0.05, 0.1) is 37.3 Å². The molecular formula is C26H26O9. The van der Waals surface area contributed by atoms with Gasteiger partial charge in [0.25, 0.3) is 0 Å². The smallest absolute Gasteiger partial charge is 0.310 e. The second-order valence-electron chi connectivity index (χ2n) is 8.99. The third-order valence-corrected chi connectivity index (χ3v) is 5.19. The van der Waals surface area contributed by atoms with Gasteiger partial charge in [0, 0.05) is 24.1 Å². The fraction of sp³-hybridized carbons (Fsp3) is 0.346. The summed E-state index contributed by atoms with van der Waals surface area (Å²) in [6.45, 7) is 7.38. The van der Waals surface area contributed by atoms with E-state index in [2.05, 4.69) is 0 Å². The maximum Gasteiger partial charge on any atom is 0.310 e. The van der Waals surface area contributed by atoms with E-state index in [-0.39, 0.29) is 51.3 Å². The quantitative estimate of drug-likeness (QED) is 0.295. The van der Waals surface area contributed by atoms with Crippen LogP contribution in [0.2, 0.25) is 0 Å². The number of esters is 2. The van der Waals surface area contributed by atoms with Crippen LogP contribution < -0.4 is 14.2 Å². The Morgan fingerprint density at radius 1 is 0.857 bits per heavy atom. The zero-order chi connectivity index (χ0) is 26.2. The van der Waals surface area contributed by atoms with Crippen molar-refractivity contribution < 1.29 is 42.9 Å². The Labute approximate surface area is 202 Å². The second-order valence-corrected chi connectivity index (χ2v) is 8.99. The maximum atomic E-state index is 13.7. The molecule has 0 fully saturated rings. The molecule has 2 aromatic rings. The van der Waals surface area contributed by atoms with E-state index in [1.807, 2.05) is 0 Å². The van der Waals surface area contributed by atoms with Gasteiger partial charge in [-0.25, -0.2) is 0 Å². The molecule has 0 aliphatic heterocycles. The number of benzene rings is 2. The number of hydrogen-bond acceptors (Lipinski definition) is 9. The highest BCUT2D eigenvalue weighted by molar-refractivity contribution is 6.31. The van der Waals surface area contributed by atoms with E-state index >= 15 is 0 Å². The summed E-state index contributed by atoms with van der Waals surface area (Å²) in [4.78, 5) is 64.5. The number of carbonyl (C=O) groups excluding carboxylic acids is 5. The molecule has 9 nitrogen and oxygen atoms in total. The molecule has 0 unspecified atom stereocenters. The summed E-state index contributed by atoms with van der Waals surface area (Å²) in [5.74, 6) is -3.28. The largest absolute Gasteiger partial charge is 0.497 e. The first-order valence-electron chi connectivity index (χ1n) is 10.8. The molecule has 1 aliphatic rings. The van der Waals surface area contributed by atoms with Crippen LogP contribution in [0.25, 0.3) is 0 Å². The molecule has 0 saturated heterocycles. The SMILES string of the molecule is COc1cc(OC)c2c(c1)C(=O)c1cc(CC(=O)OC(C)(C)C)c(C(C)=O)c(OC(C)=O)c1C2=O. The predicted molar refractivity (Wildman–Crippen MR) is 124 cm³/mol. The van der Waals surface area contributed by atoms with Crippen LogP contribution in [0.3, 0.4) is 0 Å². The summed E-state index contributed by atoms with van der Waals surface area (Å²) in [6.07, 6.45) is -0.385. The van der Waals surface area contributed by atoms with Crippen molar-refractivity contribution in [1.29, 1.82) is 0 Å². The highest BCUT2D eigenvalue weighted by atomic mass is 16.6. The summed E-state index contributed by atoms with van der Waals surface area (Å²) < 4.78 is 21.2. The monoisotopic (exact) mass is 482 g/mol. The maximum absolute atomic E-state index is 13.7. The molecule has 0 atom stereocenters. The molecule has 2 aromatic carbocycles. The summed E-state index contributed by atoms with van der Waals surface area (Å²) in [7, 11) is 2.74. The molecule has 0 aromatic heterocycles. The molecule has 3 rings (SSSR count). The summed E-state index contributed by atoms with van der Waals surface area (Å²) in [6, 6.07) is 4.15. The van der Waals surface area contributed by atoms with Crippen molar-refractivity contribution in [1.82, 2.24) is 0 Å². The van der Waals surface area contributed by atoms with Crippen molar-refractivity contribution >= 4 is 29.3 Å². The summed E-state index contributed by atoms with van der Waals surface area (Å²) >= 11 is 0. The lowest BCUT2D eigenvalue weighted by molar-refractivity contribution is -0.153.